The van der Waals surface area contributed by atoms with Gasteiger partial charge < -0.3 is 15.4 Å². The number of hydrogen-bond acceptors (Lipinski definition) is 4. The minimum atomic E-state index is -0.238. The van der Waals surface area contributed by atoms with Gasteiger partial charge in [0.15, 0.2) is 0 Å². The number of nitrogens with one attached hydrogen (secondary N) is 2. The van der Waals surface area contributed by atoms with E-state index in [1.54, 1.807) is 18.4 Å². The summed E-state index contributed by atoms with van der Waals surface area (Å²) in [5.74, 6) is 0.744. The number of carbonyl (C=O) groups excluding carboxylic acids is 1. The number of ether oxygens (including phenoxy) is 1. The standard InChI is InChI=1S/C19H16N2O2S/c1-23-14-9-7-13(8-10-14)17-20-18(22)16-15(11-24-19(16)21-17)12-5-3-2-4-6-12/h2-11,17,21H,1H3,(H,20,22)/t17-/m0/s1. The second kappa shape index (κ2) is 6.02. The van der Waals surface area contributed by atoms with Gasteiger partial charge in [0.05, 0.1) is 12.7 Å². The van der Waals surface area contributed by atoms with Gasteiger partial charge in [0.25, 0.3) is 5.91 Å². The maximum atomic E-state index is 12.7. The highest BCUT2D eigenvalue weighted by molar-refractivity contribution is 7.15. The number of benzene rings is 2. The Balaban J connectivity index is 1.66. The van der Waals surface area contributed by atoms with E-state index in [9.17, 15) is 4.79 Å². The quantitative estimate of drug-likeness (QED) is 0.751. The molecule has 4 nitrogen and oxygen atoms in total. The van der Waals surface area contributed by atoms with E-state index in [1.165, 1.54) is 0 Å². The molecular formula is C19H16N2O2S. The Bertz CT molecular complexity index is 872. The van der Waals surface area contributed by atoms with Crippen molar-refractivity contribution < 1.29 is 9.53 Å². The van der Waals surface area contributed by atoms with Crippen molar-refractivity contribution in [1.29, 1.82) is 0 Å². The van der Waals surface area contributed by atoms with Crippen LogP contribution < -0.4 is 15.4 Å². The third-order valence-corrected chi connectivity index (χ3v) is 5.01. The van der Waals surface area contributed by atoms with Gasteiger partial charge in [-0.05, 0) is 23.3 Å². The van der Waals surface area contributed by atoms with E-state index in [0.29, 0.717) is 0 Å². The number of anilines is 1. The molecule has 0 bridgehead atoms. The molecule has 3 aromatic rings. The first kappa shape index (κ1) is 14.8. The van der Waals surface area contributed by atoms with Gasteiger partial charge in [-0.15, -0.1) is 11.3 Å². The molecule has 0 unspecified atom stereocenters. The Hall–Kier alpha value is -2.79. The van der Waals surface area contributed by atoms with Crippen LogP contribution in [0.4, 0.5) is 5.00 Å². The minimum absolute atomic E-state index is 0.0512. The summed E-state index contributed by atoms with van der Waals surface area (Å²) < 4.78 is 5.18. The van der Waals surface area contributed by atoms with Crippen molar-refractivity contribution >= 4 is 22.2 Å². The molecule has 1 aromatic heterocycles. The smallest absolute Gasteiger partial charge is 0.256 e. The summed E-state index contributed by atoms with van der Waals surface area (Å²) in [6.07, 6.45) is -0.238. The van der Waals surface area contributed by atoms with Gasteiger partial charge in [0, 0.05) is 10.9 Å². The summed E-state index contributed by atoms with van der Waals surface area (Å²) in [6, 6.07) is 17.7. The largest absolute Gasteiger partial charge is 0.497 e. The van der Waals surface area contributed by atoms with Crippen molar-refractivity contribution in [2.75, 3.05) is 12.4 Å². The van der Waals surface area contributed by atoms with Crippen LogP contribution in [0.15, 0.2) is 60.0 Å². The van der Waals surface area contributed by atoms with E-state index in [1.807, 2.05) is 60.0 Å². The van der Waals surface area contributed by atoms with Gasteiger partial charge in [-0.1, -0.05) is 42.5 Å². The monoisotopic (exact) mass is 336 g/mol. The van der Waals surface area contributed by atoms with E-state index < -0.39 is 0 Å². The van der Waals surface area contributed by atoms with E-state index in [4.69, 9.17) is 4.74 Å². The summed E-state index contributed by atoms with van der Waals surface area (Å²) in [5, 5.41) is 9.39. The Kier molecular flexibility index (Phi) is 3.70. The van der Waals surface area contributed by atoms with Gasteiger partial charge in [-0.2, -0.15) is 0 Å². The number of amides is 1. The summed E-state index contributed by atoms with van der Waals surface area (Å²) in [7, 11) is 1.64. The molecule has 120 valence electrons. The average molecular weight is 336 g/mol. The second-order valence-corrected chi connectivity index (χ2v) is 6.42. The molecule has 2 aromatic carbocycles. The van der Waals surface area contributed by atoms with Crippen LogP contribution in [-0.4, -0.2) is 13.0 Å². The predicted octanol–water partition coefficient (Wildman–Crippen LogP) is 4.28. The molecule has 0 radical (unpaired) electrons. The maximum Gasteiger partial charge on any atom is 0.256 e. The fourth-order valence-electron chi connectivity index (χ4n) is 2.85. The van der Waals surface area contributed by atoms with E-state index in [0.717, 1.165) is 33.0 Å². The van der Waals surface area contributed by atoms with E-state index in [-0.39, 0.29) is 12.1 Å². The number of hydrogen-bond donors (Lipinski definition) is 2. The Morgan fingerprint density at radius 3 is 2.46 bits per heavy atom. The van der Waals surface area contributed by atoms with Crippen molar-refractivity contribution in [3.63, 3.8) is 0 Å². The molecule has 1 aliphatic heterocycles. The molecule has 1 aliphatic rings. The van der Waals surface area contributed by atoms with Crippen molar-refractivity contribution in [2.45, 2.75) is 6.17 Å². The number of thiophene rings is 1. The Morgan fingerprint density at radius 2 is 1.75 bits per heavy atom. The number of methoxy groups -OCH3 is 1. The van der Waals surface area contributed by atoms with Gasteiger partial charge in [-0.3, -0.25) is 4.79 Å². The van der Waals surface area contributed by atoms with Crippen LogP contribution in [0.2, 0.25) is 0 Å². The minimum Gasteiger partial charge on any atom is -0.497 e. The molecule has 4 rings (SSSR count). The fraction of sp³-hybridized carbons (Fsp3) is 0.105. The first-order valence-corrected chi connectivity index (χ1v) is 8.52. The summed E-state index contributed by atoms with van der Waals surface area (Å²) in [6.45, 7) is 0. The molecule has 0 fully saturated rings. The van der Waals surface area contributed by atoms with E-state index >= 15 is 0 Å². The average Bonchev–Trinajstić information content (AvgIpc) is 3.07. The molecule has 0 aliphatic carbocycles. The molecule has 1 atom stereocenters. The first-order valence-electron chi connectivity index (χ1n) is 7.64. The van der Waals surface area contributed by atoms with Crippen LogP contribution in [0.5, 0.6) is 5.75 Å². The highest BCUT2D eigenvalue weighted by atomic mass is 32.1. The maximum absolute atomic E-state index is 12.7. The Labute approximate surface area is 144 Å². The molecule has 0 saturated heterocycles. The third kappa shape index (κ3) is 2.53. The van der Waals surface area contributed by atoms with Gasteiger partial charge in [0.2, 0.25) is 0 Å². The third-order valence-electron chi connectivity index (χ3n) is 4.10. The summed E-state index contributed by atoms with van der Waals surface area (Å²) in [4.78, 5) is 12.7. The van der Waals surface area contributed by atoms with Crippen molar-refractivity contribution in [3.05, 3.63) is 71.1 Å². The van der Waals surface area contributed by atoms with Gasteiger partial charge in [0.1, 0.15) is 16.9 Å². The lowest BCUT2D eigenvalue weighted by atomic mass is 10.0. The Morgan fingerprint density at radius 1 is 1.00 bits per heavy atom. The van der Waals surface area contributed by atoms with Crippen molar-refractivity contribution in [1.82, 2.24) is 5.32 Å². The SMILES string of the molecule is COc1ccc([C@H]2NC(=O)c3c(-c4ccccc4)csc3N2)cc1. The fourth-order valence-corrected chi connectivity index (χ4v) is 3.85. The summed E-state index contributed by atoms with van der Waals surface area (Å²) in [5.41, 5.74) is 3.73. The molecule has 0 saturated carbocycles. The van der Waals surface area contributed by atoms with Crippen LogP contribution in [0.3, 0.4) is 0 Å². The van der Waals surface area contributed by atoms with Gasteiger partial charge in [-0.25, -0.2) is 0 Å². The van der Waals surface area contributed by atoms with Crippen LogP contribution in [0, 0.1) is 0 Å². The topological polar surface area (TPSA) is 50.4 Å². The molecule has 5 heteroatoms. The predicted molar refractivity (Wildman–Crippen MR) is 96.6 cm³/mol. The van der Waals surface area contributed by atoms with Crippen LogP contribution >= 0.6 is 11.3 Å². The normalized spacial score (nSPS) is 16.0. The molecular weight excluding hydrogens is 320 g/mol. The molecule has 24 heavy (non-hydrogen) atoms. The lowest BCUT2D eigenvalue weighted by Gasteiger charge is -2.26. The zero-order chi connectivity index (χ0) is 16.5. The van der Waals surface area contributed by atoms with Crippen LogP contribution in [-0.2, 0) is 0 Å². The van der Waals surface area contributed by atoms with Gasteiger partial charge >= 0.3 is 0 Å². The zero-order valence-electron chi connectivity index (χ0n) is 13.1. The highest BCUT2D eigenvalue weighted by Gasteiger charge is 2.29. The lowest BCUT2D eigenvalue weighted by molar-refractivity contribution is 0.0937. The number of carbonyl (C=O) groups is 1. The number of fused-ring (bicyclic) bond motifs is 1. The summed E-state index contributed by atoms with van der Waals surface area (Å²) >= 11 is 1.56. The van der Waals surface area contributed by atoms with Crippen molar-refractivity contribution in [2.24, 2.45) is 0 Å². The van der Waals surface area contributed by atoms with E-state index in [2.05, 4.69) is 10.6 Å². The molecule has 2 N–H and O–H groups in total. The van der Waals surface area contributed by atoms with Crippen molar-refractivity contribution in [3.8, 4) is 16.9 Å². The van der Waals surface area contributed by atoms with Crippen LogP contribution in [0.25, 0.3) is 11.1 Å². The first-order chi connectivity index (χ1) is 11.8. The molecule has 0 spiro atoms. The highest BCUT2D eigenvalue weighted by Crippen LogP contribution is 2.39. The molecule has 1 amide bonds. The molecule has 2 heterocycles. The second-order valence-electron chi connectivity index (χ2n) is 5.54. The van der Waals surface area contributed by atoms with Crippen LogP contribution in [0.1, 0.15) is 22.1 Å². The lowest BCUT2D eigenvalue weighted by Crippen LogP contribution is -2.37. The number of rotatable bonds is 3. The zero-order valence-corrected chi connectivity index (χ0v) is 13.9.